The molecule has 3 aromatic rings. The number of aromatic nitrogens is 4. The van der Waals surface area contributed by atoms with Crippen LogP contribution in [0.4, 0.5) is 17.5 Å². The fourth-order valence-corrected chi connectivity index (χ4v) is 6.52. The third kappa shape index (κ3) is 4.09. The van der Waals surface area contributed by atoms with E-state index >= 15 is 0 Å². The van der Waals surface area contributed by atoms with Gasteiger partial charge in [0.1, 0.15) is 11.6 Å². The molecule has 2 aliphatic rings. The molecule has 10 heteroatoms. The van der Waals surface area contributed by atoms with Gasteiger partial charge in [0.2, 0.25) is 10.0 Å². The van der Waals surface area contributed by atoms with Crippen LogP contribution in [-0.4, -0.2) is 57.3 Å². The van der Waals surface area contributed by atoms with Gasteiger partial charge >= 0.3 is 0 Å². The first-order valence-electron chi connectivity index (χ1n) is 10.7. The molecule has 164 valence electrons. The maximum absolute atomic E-state index is 12.3. The Bertz CT molecular complexity index is 1200. The smallest absolute Gasteiger partial charge is 0.211 e. The van der Waals surface area contributed by atoms with E-state index in [0.29, 0.717) is 11.6 Å². The minimum absolute atomic E-state index is 0.0535. The molecule has 3 aromatic heterocycles. The molecule has 5 heterocycles. The Kier molecular flexibility index (Phi) is 5.05. The van der Waals surface area contributed by atoms with Crippen molar-refractivity contribution in [3.8, 4) is 0 Å². The number of fused-ring (bicyclic) bond motifs is 3. The van der Waals surface area contributed by atoms with E-state index in [4.69, 9.17) is 4.98 Å². The zero-order valence-electron chi connectivity index (χ0n) is 17.7. The molecule has 1 unspecified atom stereocenters. The topological polar surface area (TPSA) is 116 Å². The van der Waals surface area contributed by atoms with Crippen molar-refractivity contribution >= 4 is 38.4 Å². The SMILES string of the molecule is Cc1cc(Nc2cc3ncccc3c(NC3C[C@H]4CCC[C@@H](C3)N4S(C)(=O)=O)n2)n[nH]1. The monoisotopic (exact) mass is 441 g/mol. The van der Waals surface area contributed by atoms with E-state index in [-0.39, 0.29) is 18.1 Å². The van der Waals surface area contributed by atoms with Gasteiger partial charge in [0.25, 0.3) is 0 Å². The van der Waals surface area contributed by atoms with Gasteiger partial charge in [-0.25, -0.2) is 13.4 Å². The van der Waals surface area contributed by atoms with E-state index in [2.05, 4.69) is 25.8 Å². The molecular formula is C21H27N7O2S. The highest BCUT2D eigenvalue weighted by molar-refractivity contribution is 7.88. The summed E-state index contributed by atoms with van der Waals surface area (Å²) in [4.78, 5) is 9.32. The van der Waals surface area contributed by atoms with Gasteiger partial charge in [-0.05, 0) is 44.7 Å². The lowest BCUT2D eigenvalue weighted by Crippen LogP contribution is -2.56. The summed E-state index contributed by atoms with van der Waals surface area (Å²) in [6.07, 6.45) is 7.57. The Balaban J connectivity index is 1.43. The number of anilines is 3. The highest BCUT2D eigenvalue weighted by atomic mass is 32.2. The maximum Gasteiger partial charge on any atom is 0.211 e. The van der Waals surface area contributed by atoms with Crippen molar-refractivity contribution in [2.45, 2.75) is 57.2 Å². The van der Waals surface area contributed by atoms with Crippen LogP contribution >= 0.6 is 0 Å². The number of rotatable bonds is 5. The first-order chi connectivity index (χ1) is 14.9. The molecule has 0 saturated carbocycles. The molecule has 3 atom stereocenters. The lowest BCUT2D eigenvalue weighted by molar-refractivity contribution is 0.116. The van der Waals surface area contributed by atoms with Gasteiger partial charge < -0.3 is 10.6 Å². The molecule has 5 rings (SSSR count). The van der Waals surface area contributed by atoms with E-state index < -0.39 is 10.0 Å². The van der Waals surface area contributed by atoms with Crippen LogP contribution in [0.5, 0.6) is 0 Å². The third-order valence-electron chi connectivity index (χ3n) is 6.19. The lowest BCUT2D eigenvalue weighted by Gasteiger charge is -2.47. The normalized spacial score (nSPS) is 24.3. The zero-order chi connectivity index (χ0) is 21.6. The van der Waals surface area contributed by atoms with Crippen LogP contribution in [0.1, 0.15) is 37.8 Å². The van der Waals surface area contributed by atoms with Crippen LogP contribution in [0, 0.1) is 6.92 Å². The maximum atomic E-state index is 12.3. The third-order valence-corrected chi connectivity index (χ3v) is 7.56. The number of nitrogens with zero attached hydrogens (tertiary/aromatic N) is 4. The predicted molar refractivity (Wildman–Crippen MR) is 121 cm³/mol. The Morgan fingerprint density at radius 3 is 2.61 bits per heavy atom. The van der Waals surface area contributed by atoms with Crippen molar-refractivity contribution in [2.24, 2.45) is 0 Å². The number of aromatic amines is 1. The fraction of sp³-hybridized carbons (Fsp3) is 0.476. The lowest BCUT2D eigenvalue weighted by atomic mass is 9.84. The van der Waals surface area contributed by atoms with Crippen LogP contribution in [0.3, 0.4) is 0 Å². The number of sulfonamides is 1. The van der Waals surface area contributed by atoms with E-state index in [1.165, 1.54) is 6.26 Å². The molecule has 0 aromatic carbocycles. The highest BCUT2D eigenvalue weighted by Crippen LogP contribution is 2.37. The summed E-state index contributed by atoms with van der Waals surface area (Å²) in [5, 5.41) is 14.9. The number of nitrogens with one attached hydrogen (secondary N) is 3. The van der Waals surface area contributed by atoms with Gasteiger partial charge in [0.15, 0.2) is 5.82 Å². The van der Waals surface area contributed by atoms with Gasteiger partial charge in [0.05, 0.1) is 11.8 Å². The molecule has 2 bridgehead atoms. The molecule has 31 heavy (non-hydrogen) atoms. The molecule has 2 saturated heterocycles. The van der Waals surface area contributed by atoms with E-state index in [1.54, 1.807) is 10.5 Å². The number of piperidine rings is 2. The Morgan fingerprint density at radius 2 is 1.94 bits per heavy atom. The van der Waals surface area contributed by atoms with E-state index in [1.807, 2.05) is 31.2 Å². The minimum Gasteiger partial charge on any atom is -0.367 e. The quantitative estimate of drug-likeness (QED) is 0.557. The molecule has 0 spiro atoms. The molecular weight excluding hydrogens is 414 g/mol. The van der Waals surface area contributed by atoms with Gasteiger partial charge in [0, 0.05) is 47.5 Å². The summed E-state index contributed by atoms with van der Waals surface area (Å²) in [6.45, 7) is 1.94. The van der Waals surface area contributed by atoms with Crippen LogP contribution in [0.15, 0.2) is 30.5 Å². The van der Waals surface area contributed by atoms with Crippen molar-refractivity contribution in [3.05, 3.63) is 36.2 Å². The van der Waals surface area contributed by atoms with Crippen LogP contribution in [0.2, 0.25) is 0 Å². The zero-order valence-corrected chi connectivity index (χ0v) is 18.5. The summed E-state index contributed by atoms with van der Waals surface area (Å²) in [6, 6.07) is 8.00. The second-order valence-corrected chi connectivity index (χ2v) is 10.5. The predicted octanol–water partition coefficient (Wildman–Crippen LogP) is 3.16. The molecule has 2 aliphatic heterocycles. The van der Waals surface area contributed by atoms with Gasteiger partial charge in [-0.15, -0.1) is 0 Å². The summed E-state index contributed by atoms with van der Waals surface area (Å²) in [7, 11) is -3.20. The van der Waals surface area contributed by atoms with Crippen molar-refractivity contribution in [1.82, 2.24) is 24.5 Å². The van der Waals surface area contributed by atoms with Crippen LogP contribution in [-0.2, 0) is 10.0 Å². The number of H-pyrrole nitrogens is 1. The van der Waals surface area contributed by atoms with Crippen molar-refractivity contribution < 1.29 is 8.42 Å². The standard InChI is InChI=1S/C21H27N7O2S/c1-13-9-20(27-26-13)24-19-12-18-17(7-4-8-22-18)21(25-19)23-14-10-15-5-3-6-16(11-14)28(15)31(2,29)30/h4,7-9,12,14-16H,3,5-6,10-11H2,1-2H3,(H3,23,24,25,26,27)/t14?,15-,16+. The first-order valence-corrected chi connectivity index (χ1v) is 12.5. The summed E-state index contributed by atoms with van der Waals surface area (Å²) < 4.78 is 26.4. The van der Waals surface area contributed by atoms with Crippen molar-refractivity contribution in [1.29, 1.82) is 0 Å². The summed E-state index contributed by atoms with van der Waals surface area (Å²) in [5.74, 6) is 2.12. The van der Waals surface area contributed by atoms with Crippen LogP contribution in [0.25, 0.3) is 10.9 Å². The molecule has 2 fully saturated rings. The van der Waals surface area contributed by atoms with Gasteiger partial charge in [-0.1, -0.05) is 6.42 Å². The molecule has 0 radical (unpaired) electrons. The second kappa shape index (κ2) is 7.76. The summed E-state index contributed by atoms with van der Waals surface area (Å²) >= 11 is 0. The number of aryl methyl sites for hydroxylation is 1. The van der Waals surface area contributed by atoms with E-state index in [9.17, 15) is 8.42 Å². The van der Waals surface area contributed by atoms with Crippen molar-refractivity contribution in [3.63, 3.8) is 0 Å². The Hall–Kier alpha value is -2.72. The highest BCUT2D eigenvalue weighted by Gasteiger charge is 2.42. The van der Waals surface area contributed by atoms with E-state index in [0.717, 1.165) is 54.5 Å². The minimum atomic E-state index is -3.20. The first kappa shape index (κ1) is 20.2. The molecule has 0 amide bonds. The molecule has 9 nitrogen and oxygen atoms in total. The number of pyridine rings is 2. The number of hydrogen-bond acceptors (Lipinski definition) is 7. The van der Waals surface area contributed by atoms with Crippen molar-refractivity contribution in [2.75, 3.05) is 16.9 Å². The molecule has 0 aliphatic carbocycles. The van der Waals surface area contributed by atoms with Crippen LogP contribution < -0.4 is 10.6 Å². The average Bonchev–Trinajstić information content (AvgIpc) is 3.11. The number of hydrogen-bond donors (Lipinski definition) is 3. The Morgan fingerprint density at radius 1 is 1.16 bits per heavy atom. The average molecular weight is 442 g/mol. The Labute approximate surface area is 181 Å². The molecule has 3 N–H and O–H groups in total. The fourth-order valence-electron chi connectivity index (χ4n) is 5.05. The summed E-state index contributed by atoms with van der Waals surface area (Å²) in [5.41, 5.74) is 1.80. The van der Waals surface area contributed by atoms with Gasteiger partial charge in [-0.3, -0.25) is 10.1 Å². The van der Waals surface area contributed by atoms with Gasteiger partial charge in [-0.2, -0.15) is 9.40 Å². The second-order valence-electron chi connectivity index (χ2n) is 8.63. The largest absolute Gasteiger partial charge is 0.367 e.